The molecule has 1 aliphatic heterocycles. The van der Waals surface area contributed by atoms with Gasteiger partial charge in [-0.15, -0.1) is 11.3 Å². The lowest BCUT2D eigenvalue weighted by molar-refractivity contribution is 0.0605. The molecule has 0 spiro atoms. The summed E-state index contributed by atoms with van der Waals surface area (Å²) in [6.45, 7) is 1.15. The Morgan fingerprint density at radius 3 is 2.56 bits per heavy atom. The van der Waals surface area contributed by atoms with Crippen LogP contribution in [0.4, 0.5) is 0 Å². The number of carbonyl (C=O) groups excluding carboxylic acids is 3. The highest BCUT2D eigenvalue weighted by Gasteiger charge is 2.25. The number of nitrogens with one attached hydrogen (secondary N) is 1. The van der Waals surface area contributed by atoms with Gasteiger partial charge in [0.25, 0.3) is 11.8 Å². The Balaban J connectivity index is 1.52. The van der Waals surface area contributed by atoms with Crippen molar-refractivity contribution >= 4 is 29.1 Å². The Hall–Kier alpha value is -2.61. The van der Waals surface area contributed by atoms with E-state index in [1.54, 1.807) is 23.1 Å². The SMILES string of the molecule is COC(=O)c1ccc(C(=O)NC2CCN(C(=O)c3ccoc3)CC2)s1. The molecule has 0 aliphatic carbocycles. The van der Waals surface area contributed by atoms with Crippen LogP contribution >= 0.6 is 11.3 Å². The van der Waals surface area contributed by atoms with Crippen molar-refractivity contribution in [1.29, 1.82) is 0 Å². The number of carbonyl (C=O) groups is 3. The predicted octanol–water partition coefficient (Wildman–Crippen LogP) is 2.16. The van der Waals surface area contributed by atoms with E-state index in [0.717, 1.165) is 11.3 Å². The maximum Gasteiger partial charge on any atom is 0.348 e. The molecule has 8 heteroatoms. The second kappa shape index (κ2) is 7.52. The number of thiophene rings is 1. The van der Waals surface area contributed by atoms with Crippen molar-refractivity contribution in [2.45, 2.75) is 18.9 Å². The molecule has 1 fully saturated rings. The Morgan fingerprint density at radius 1 is 1.20 bits per heavy atom. The molecular formula is C17H18N2O5S. The average molecular weight is 362 g/mol. The summed E-state index contributed by atoms with van der Waals surface area (Å²) < 4.78 is 9.58. The highest BCUT2D eigenvalue weighted by atomic mass is 32.1. The molecule has 1 saturated heterocycles. The van der Waals surface area contributed by atoms with E-state index in [4.69, 9.17) is 4.42 Å². The van der Waals surface area contributed by atoms with Crippen LogP contribution in [0.5, 0.6) is 0 Å². The van der Waals surface area contributed by atoms with E-state index < -0.39 is 5.97 Å². The third-order valence-electron chi connectivity index (χ3n) is 4.10. The number of furan rings is 1. The molecule has 2 amide bonds. The Labute approximate surface area is 148 Å². The van der Waals surface area contributed by atoms with Crippen LogP contribution in [-0.4, -0.2) is 48.9 Å². The summed E-state index contributed by atoms with van der Waals surface area (Å²) in [7, 11) is 1.31. The number of hydrogen-bond acceptors (Lipinski definition) is 6. The quantitative estimate of drug-likeness (QED) is 0.842. The van der Waals surface area contributed by atoms with Gasteiger partial charge in [-0.25, -0.2) is 4.79 Å². The fraction of sp³-hybridized carbons (Fsp3) is 0.353. The molecule has 25 heavy (non-hydrogen) atoms. The van der Waals surface area contributed by atoms with E-state index in [1.807, 2.05) is 0 Å². The van der Waals surface area contributed by atoms with Crippen molar-refractivity contribution in [1.82, 2.24) is 10.2 Å². The summed E-state index contributed by atoms with van der Waals surface area (Å²) in [4.78, 5) is 38.6. The van der Waals surface area contributed by atoms with Crippen LogP contribution in [-0.2, 0) is 4.74 Å². The van der Waals surface area contributed by atoms with Crippen molar-refractivity contribution in [3.63, 3.8) is 0 Å². The first-order chi connectivity index (χ1) is 12.1. The van der Waals surface area contributed by atoms with Gasteiger partial charge in [-0.2, -0.15) is 0 Å². The summed E-state index contributed by atoms with van der Waals surface area (Å²) >= 11 is 1.10. The van der Waals surface area contributed by atoms with Crippen molar-refractivity contribution in [3.8, 4) is 0 Å². The first-order valence-electron chi connectivity index (χ1n) is 7.89. The highest BCUT2D eigenvalue weighted by Crippen LogP contribution is 2.19. The van der Waals surface area contributed by atoms with E-state index in [-0.39, 0.29) is 17.9 Å². The van der Waals surface area contributed by atoms with Crippen LogP contribution in [0.15, 0.2) is 35.1 Å². The maximum atomic E-state index is 12.3. The van der Waals surface area contributed by atoms with Gasteiger partial charge in [-0.05, 0) is 31.0 Å². The second-order valence-corrected chi connectivity index (χ2v) is 6.79. The van der Waals surface area contributed by atoms with E-state index >= 15 is 0 Å². The molecule has 1 N–H and O–H groups in total. The molecule has 0 radical (unpaired) electrons. The molecule has 132 valence electrons. The number of ether oxygens (including phenoxy) is 1. The molecule has 2 aromatic rings. The molecule has 0 aromatic carbocycles. The number of rotatable bonds is 4. The minimum Gasteiger partial charge on any atom is -0.472 e. The first kappa shape index (κ1) is 17.2. The topological polar surface area (TPSA) is 88.9 Å². The highest BCUT2D eigenvalue weighted by molar-refractivity contribution is 7.15. The normalized spacial score (nSPS) is 15.0. The minimum absolute atomic E-state index is 0.00424. The first-order valence-corrected chi connectivity index (χ1v) is 8.70. The molecule has 1 aliphatic rings. The maximum absolute atomic E-state index is 12.3. The fourth-order valence-corrected chi connectivity index (χ4v) is 3.55. The molecular weight excluding hydrogens is 344 g/mol. The van der Waals surface area contributed by atoms with Gasteiger partial charge < -0.3 is 19.4 Å². The summed E-state index contributed by atoms with van der Waals surface area (Å²) in [5, 5.41) is 2.96. The van der Waals surface area contributed by atoms with Crippen LogP contribution in [0, 0.1) is 0 Å². The van der Waals surface area contributed by atoms with Crippen LogP contribution in [0.1, 0.15) is 42.5 Å². The van der Waals surface area contributed by atoms with Crippen LogP contribution < -0.4 is 5.32 Å². The molecule has 0 bridgehead atoms. The third-order valence-corrected chi connectivity index (χ3v) is 5.17. The van der Waals surface area contributed by atoms with Crippen LogP contribution in [0.3, 0.4) is 0 Å². The average Bonchev–Trinajstić information content (AvgIpc) is 3.33. The van der Waals surface area contributed by atoms with Gasteiger partial charge in [-0.3, -0.25) is 9.59 Å². The van der Waals surface area contributed by atoms with E-state index in [1.165, 1.54) is 19.6 Å². The molecule has 2 aromatic heterocycles. The number of hydrogen-bond donors (Lipinski definition) is 1. The lowest BCUT2D eigenvalue weighted by Gasteiger charge is -2.32. The lowest BCUT2D eigenvalue weighted by atomic mass is 10.0. The van der Waals surface area contributed by atoms with Crippen molar-refractivity contribution in [3.05, 3.63) is 46.0 Å². The molecule has 7 nitrogen and oxygen atoms in total. The summed E-state index contributed by atoms with van der Waals surface area (Å²) in [5.74, 6) is -0.714. The second-order valence-electron chi connectivity index (χ2n) is 5.71. The number of nitrogens with zero attached hydrogens (tertiary/aromatic N) is 1. The van der Waals surface area contributed by atoms with Gasteiger partial charge in [0.15, 0.2) is 0 Å². The standard InChI is InChI=1S/C17H18N2O5S/c1-23-17(22)14-3-2-13(25-14)15(20)18-12-4-7-19(8-5-12)16(21)11-6-9-24-10-11/h2-3,6,9-10,12H,4-5,7-8H2,1H3,(H,18,20). The Bertz CT molecular complexity index is 760. The van der Waals surface area contributed by atoms with Gasteiger partial charge in [-0.1, -0.05) is 0 Å². The molecule has 0 unspecified atom stereocenters. The van der Waals surface area contributed by atoms with E-state index in [2.05, 4.69) is 10.1 Å². The lowest BCUT2D eigenvalue weighted by Crippen LogP contribution is -2.46. The van der Waals surface area contributed by atoms with Crippen LogP contribution in [0.25, 0.3) is 0 Å². The number of piperidine rings is 1. The van der Waals surface area contributed by atoms with E-state index in [9.17, 15) is 14.4 Å². The predicted molar refractivity (Wildman–Crippen MR) is 90.8 cm³/mol. The van der Waals surface area contributed by atoms with Gasteiger partial charge in [0.2, 0.25) is 0 Å². The van der Waals surface area contributed by atoms with Crippen molar-refractivity contribution in [2.75, 3.05) is 20.2 Å². The smallest absolute Gasteiger partial charge is 0.348 e. The summed E-state index contributed by atoms with van der Waals surface area (Å²) in [6, 6.07) is 4.84. The van der Waals surface area contributed by atoms with Crippen molar-refractivity contribution < 1.29 is 23.5 Å². The van der Waals surface area contributed by atoms with Crippen LogP contribution in [0.2, 0.25) is 0 Å². The monoisotopic (exact) mass is 362 g/mol. The summed E-state index contributed by atoms with van der Waals surface area (Å²) in [5.41, 5.74) is 0.538. The third kappa shape index (κ3) is 3.90. The molecule has 3 rings (SSSR count). The number of amides is 2. The van der Waals surface area contributed by atoms with Gasteiger partial charge in [0, 0.05) is 19.1 Å². The van der Waals surface area contributed by atoms with Gasteiger partial charge in [0.05, 0.1) is 23.8 Å². The Kier molecular flexibility index (Phi) is 5.18. The summed E-state index contributed by atoms with van der Waals surface area (Å²) in [6.07, 6.45) is 4.28. The largest absolute Gasteiger partial charge is 0.472 e. The van der Waals surface area contributed by atoms with Gasteiger partial charge in [0.1, 0.15) is 11.1 Å². The molecule has 0 saturated carbocycles. The van der Waals surface area contributed by atoms with E-state index in [0.29, 0.717) is 41.2 Å². The zero-order valence-electron chi connectivity index (χ0n) is 13.7. The fourth-order valence-electron chi connectivity index (χ4n) is 2.72. The van der Waals surface area contributed by atoms with Crippen molar-refractivity contribution in [2.24, 2.45) is 0 Å². The Morgan fingerprint density at radius 2 is 1.92 bits per heavy atom. The zero-order valence-corrected chi connectivity index (χ0v) is 14.5. The zero-order chi connectivity index (χ0) is 17.8. The number of esters is 1. The van der Waals surface area contributed by atoms with Gasteiger partial charge >= 0.3 is 5.97 Å². The molecule has 0 atom stereocenters. The minimum atomic E-state index is -0.449. The number of likely N-dealkylation sites (tertiary alicyclic amines) is 1. The molecule has 3 heterocycles. The number of methoxy groups -OCH3 is 1.